The Balaban J connectivity index is 1.89. The molecule has 0 fully saturated rings. The number of aromatic amines is 1. The van der Waals surface area contributed by atoms with Gasteiger partial charge in [-0.3, -0.25) is 10.1 Å². The van der Waals surface area contributed by atoms with Crippen molar-refractivity contribution in [1.82, 2.24) is 9.97 Å². The summed E-state index contributed by atoms with van der Waals surface area (Å²) in [7, 11) is 4.72. The first-order valence-electron chi connectivity index (χ1n) is 7.66. The molecule has 0 atom stereocenters. The lowest BCUT2D eigenvalue weighted by atomic mass is 10.1. The van der Waals surface area contributed by atoms with Crippen molar-refractivity contribution >= 4 is 22.9 Å². The second-order valence-corrected chi connectivity index (χ2v) is 5.35. The fraction of sp³-hybridized carbons (Fsp3) is 0.222. The summed E-state index contributed by atoms with van der Waals surface area (Å²) in [6.07, 6.45) is 0. The molecule has 0 unspecified atom stereocenters. The normalized spacial score (nSPS) is 10.7. The molecule has 0 bridgehead atoms. The maximum Gasteiger partial charge on any atom is 0.258 e. The van der Waals surface area contributed by atoms with E-state index in [9.17, 15) is 4.79 Å². The highest BCUT2D eigenvalue weighted by atomic mass is 16.5. The molecular formula is C18H19N3O4. The van der Waals surface area contributed by atoms with Gasteiger partial charge in [-0.05, 0) is 11.6 Å². The minimum absolute atomic E-state index is 0.259. The van der Waals surface area contributed by atoms with E-state index >= 15 is 0 Å². The van der Waals surface area contributed by atoms with Crippen LogP contribution in [-0.4, -0.2) is 37.2 Å². The van der Waals surface area contributed by atoms with Crippen LogP contribution in [0.2, 0.25) is 0 Å². The van der Waals surface area contributed by atoms with Crippen molar-refractivity contribution < 1.29 is 19.0 Å². The van der Waals surface area contributed by atoms with Crippen LogP contribution in [0.3, 0.4) is 0 Å². The van der Waals surface area contributed by atoms with Crippen LogP contribution in [0.4, 0.5) is 5.95 Å². The number of anilines is 1. The molecule has 25 heavy (non-hydrogen) atoms. The standard InChI is InChI=1S/C18H19N3O4/c1-23-10-11-6-4-5-7-12(11)17(22)21-18-19-13-8-15(24-2)16(25-3)9-14(13)20-18/h4-9H,10H2,1-3H3,(H2,19,20,21,22). The third-order valence-corrected chi connectivity index (χ3v) is 3.78. The van der Waals surface area contributed by atoms with Gasteiger partial charge in [0.05, 0.1) is 31.9 Å². The summed E-state index contributed by atoms with van der Waals surface area (Å²) < 4.78 is 15.7. The summed E-state index contributed by atoms with van der Waals surface area (Å²) in [5.41, 5.74) is 2.75. The molecule has 3 rings (SSSR count). The van der Waals surface area contributed by atoms with E-state index in [1.54, 1.807) is 39.5 Å². The van der Waals surface area contributed by atoms with E-state index in [1.807, 2.05) is 18.2 Å². The van der Waals surface area contributed by atoms with Crippen LogP contribution in [0.15, 0.2) is 36.4 Å². The molecule has 7 heteroatoms. The maximum atomic E-state index is 12.6. The monoisotopic (exact) mass is 341 g/mol. The molecule has 0 aliphatic rings. The average Bonchev–Trinajstić information content (AvgIpc) is 3.02. The molecule has 0 spiro atoms. The number of carbonyl (C=O) groups is 1. The number of H-pyrrole nitrogens is 1. The Labute approximate surface area is 144 Å². The highest BCUT2D eigenvalue weighted by molar-refractivity contribution is 6.05. The summed E-state index contributed by atoms with van der Waals surface area (Å²) in [4.78, 5) is 20.0. The first-order chi connectivity index (χ1) is 12.2. The number of nitrogens with one attached hydrogen (secondary N) is 2. The summed E-state index contributed by atoms with van der Waals surface area (Å²) in [5.74, 6) is 1.25. The number of methoxy groups -OCH3 is 3. The number of aromatic nitrogens is 2. The first kappa shape index (κ1) is 16.8. The molecule has 0 saturated carbocycles. The van der Waals surface area contributed by atoms with Gasteiger partial charge in [-0.15, -0.1) is 0 Å². The van der Waals surface area contributed by atoms with Crippen LogP contribution >= 0.6 is 0 Å². The van der Waals surface area contributed by atoms with E-state index in [4.69, 9.17) is 14.2 Å². The molecule has 0 aliphatic carbocycles. The molecule has 0 saturated heterocycles. The number of nitrogens with zero attached hydrogens (tertiary/aromatic N) is 1. The molecule has 1 amide bonds. The molecular weight excluding hydrogens is 322 g/mol. The van der Waals surface area contributed by atoms with Crippen LogP contribution in [0, 0.1) is 0 Å². The summed E-state index contributed by atoms with van der Waals surface area (Å²) in [5, 5.41) is 2.78. The Morgan fingerprint density at radius 1 is 1.12 bits per heavy atom. The van der Waals surface area contributed by atoms with Crippen molar-refractivity contribution in [3.63, 3.8) is 0 Å². The van der Waals surface area contributed by atoms with Crippen molar-refractivity contribution in [3.8, 4) is 11.5 Å². The van der Waals surface area contributed by atoms with Crippen LogP contribution < -0.4 is 14.8 Å². The summed E-state index contributed by atoms with van der Waals surface area (Å²) >= 11 is 0. The molecule has 1 heterocycles. The SMILES string of the molecule is COCc1ccccc1C(=O)Nc1nc2cc(OC)c(OC)cc2[nH]1. The number of ether oxygens (including phenoxy) is 3. The van der Waals surface area contributed by atoms with E-state index < -0.39 is 0 Å². The molecule has 3 aromatic rings. The maximum absolute atomic E-state index is 12.6. The lowest BCUT2D eigenvalue weighted by Gasteiger charge is -2.07. The van der Waals surface area contributed by atoms with E-state index in [0.717, 1.165) is 11.1 Å². The van der Waals surface area contributed by atoms with Gasteiger partial charge >= 0.3 is 0 Å². The van der Waals surface area contributed by atoms with E-state index in [1.165, 1.54) is 0 Å². The van der Waals surface area contributed by atoms with E-state index in [-0.39, 0.29) is 5.91 Å². The molecule has 0 aliphatic heterocycles. The van der Waals surface area contributed by atoms with Crippen molar-refractivity contribution in [1.29, 1.82) is 0 Å². The predicted octanol–water partition coefficient (Wildman–Crippen LogP) is 2.98. The van der Waals surface area contributed by atoms with Crippen LogP contribution in [0.25, 0.3) is 11.0 Å². The first-order valence-corrected chi connectivity index (χ1v) is 7.66. The highest BCUT2D eigenvalue weighted by Crippen LogP contribution is 2.31. The zero-order chi connectivity index (χ0) is 17.8. The van der Waals surface area contributed by atoms with Crippen LogP contribution in [-0.2, 0) is 11.3 Å². The van der Waals surface area contributed by atoms with Crippen molar-refractivity contribution in [2.24, 2.45) is 0 Å². The van der Waals surface area contributed by atoms with Gasteiger partial charge in [0.15, 0.2) is 11.5 Å². The zero-order valence-electron chi connectivity index (χ0n) is 14.3. The molecule has 0 radical (unpaired) electrons. The zero-order valence-corrected chi connectivity index (χ0v) is 14.3. The fourth-order valence-electron chi connectivity index (χ4n) is 2.59. The predicted molar refractivity (Wildman–Crippen MR) is 94.3 cm³/mol. The van der Waals surface area contributed by atoms with Crippen LogP contribution in [0.1, 0.15) is 15.9 Å². The van der Waals surface area contributed by atoms with Gasteiger partial charge in [-0.25, -0.2) is 4.98 Å². The van der Waals surface area contributed by atoms with Crippen molar-refractivity contribution in [3.05, 3.63) is 47.5 Å². The Kier molecular flexibility index (Phi) is 4.85. The number of benzene rings is 2. The van der Waals surface area contributed by atoms with Gasteiger partial charge in [-0.2, -0.15) is 0 Å². The number of rotatable bonds is 6. The van der Waals surface area contributed by atoms with Gasteiger partial charge < -0.3 is 19.2 Å². The summed E-state index contributed by atoms with van der Waals surface area (Å²) in [6.45, 7) is 0.359. The lowest BCUT2D eigenvalue weighted by Crippen LogP contribution is -2.15. The lowest BCUT2D eigenvalue weighted by molar-refractivity contribution is 0.102. The van der Waals surface area contributed by atoms with Gasteiger partial charge in [0.2, 0.25) is 5.95 Å². The Morgan fingerprint density at radius 3 is 2.56 bits per heavy atom. The number of carbonyl (C=O) groups excluding carboxylic acids is 1. The number of imidazole rings is 1. The van der Waals surface area contributed by atoms with Crippen molar-refractivity contribution in [2.75, 3.05) is 26.6 Å². The highest BCUT2D eigenvalue weighted by Gasteiger charge is 2.14. The number of hydrogen-bond donors (Lipinski definition) is 2. The minimum Gasteiger partial charge on any atom is -0.493 e. The van der Waals surface area contributed by atoms with E-state index in [2.05, 4.69) is 15.3 Å². The van der Waals surface area contributed by atoms with Crippen LogP contribution in [0.5, 0.6) is 11.5 Å². The van der Waals surface area contributed by atoms with Gasteiger partial charge in [-0.1, -0.05) is 18.2 Å². The smallest absolute Gasteiger partial charge is 0.258 e. The number of fused-ring (bicyclic) bond motifs is 1. The molecule has 7 nitrogen and oxygen atoms in total. The number of hydrogen-bond acceptors (Lipinski definition) is 5. The molecule has 2 aromatic carbocycles. The fourth-order valence-corrected chi connectivity index (χ4v) is 2.59. The third-order valence-electron chi connectivity index (χ3n) is 3.78. The average molecular weight is 341 g/mol. The molecule has 2 N–H and O–H groups in total. The molecule has 130 valence electrons. The molecule has 1 aromatic heterocycles. The van der Waals surface area contributed by atoms with Crippen molar-refractivity contribution in [2.45, 2.75) is 6.61 Å². The van der Waals surface area contributed by atoms with Gasteiger partial charge in [0.25, 0.3) is 5.91 Å². The van der Waals surface area contributed by atoms with E-state index in [0.29, 0.717) is 35.1 Å². The number of amides is 1. The Bertz CT molecular complexity index is 863. The topological polar surface area (TPSA) is 85.5 Å². The second-order valence-electron chi connectivity index (χ2n) is 5.35. The third kappa shape index (κ3) is 3.41. The Morgan fingerprint density at radius 2 is 1.84 bits per heavy atom. The van der Waals surface area contributed by atoms with Gasteiger partial charge in [0.1, 0.15) is 0 Å². The van der Waals surface area contributed by atoms with Gasteiger partial charge in [0, 0.05) is 24.8 Å². The Hall–Kier alpha value is -3.06. The quantitative estimate of drug-likeness (QED) is 0.720. The minimum atomic E-state index is -0.259. The largest absolute Gasteiger partial charge is 0.493 e. The summed E-state index contributed by atoms with van der Waals surface area (Å²) in [6, 6.07) is 10.8. The second kappa shape index (κ2) is 7.23.